The van der Waals surface area contributed by atoms with Crippen molar-refractivity contribution in [3.8, 4) is 0 Å². The number of rotatable bonds is 6. The molecule has 2 atom stereocenters. The van der Waals surface area contributed by atoms with Crippen LogP contribution in [0.25, 0.3) is 0 Å². The zero-order valence-electron chi connectivity index (χ0n) is 15.3. The first-order chi connectivity index (χ1) is 11.8. The molecule has 1 aromatic rings. The minimum atomic E-state index is -3.21. The molecular weight excluding hydrogens is 338 g/mol. The molecule has 6 nitrogen and oxygen atoms in total. The molecule has 7 heteroatoms. The third kappa shape index (κ3) is 4.80. The van der Waals surface area contributed by atoms with Crippen molar-refractivity contribution in [2.24, 2.45) is 11.7 Å². The topological polar surface area (TPSA) is 83.7 Å². The lowest BCUT2D eigenvalue weighted by atomic mass is 9.93. The van der Waals surface area contributed by atoms with Gasteiger partial charge in [0.25, 0.3) is 0 Å². The van der Waals surface area contributed by atoms with E-state index < -0.39 is 10.0 Å². The van der Waals surface area contributed by atoms with Crippen molar-refractivity contribution in [2.45, 2.75) is 38.8 Å². The SMILES string of the molecule is CCN(C1CCN(C(=O)C(C)C(N)c2ccccc2)CC1)S(C)(=O)=O. The summed E-state index contributed by atoms with van der Waals surface area (Å²) < 4.78 is 25.3. The summed E-state index contributed by atoms with van der Waals surface area (Å²) in [6.45, 7) is 5.32. The number of benzene rings is 1. The summed E-state index contributed by atoms with van der Waals surface area (Å²) in [5.41, 5.74) is 7.22. The zero-order chi connectivity index (χ0) is 18.6. The molecule has 1 aliphatic heterocycles. The zero-order valence-corrected chi connectivity index (χ0v) is 16.1. The van der Waals surface area contributed by atoms with E-state index in [4.69, 9.17) is 5.73 Å². The fraction of sp³-hybridized carbons (Fsp3) is 0.611. The Hall–Kier alpha value is -1.44. The molecular formula is C18H29N3O3S. The minimum Gasteiger partial charge on any atom is -0.342 e. The normalized spacial score (nSPS) is 19.0. The summed E-state index contributed by atoms with van der Waals surface area (Å²) in [7, 11) is -3.21. The number of nitrogens with two attached hydrogens (primary N) is 1. The van der Waals surface area contributed by atoms with E-state index in [-0.39, 0.29) is 23.9 Å². The number of carbonyl (C=O) groups is 1. The van der Waals surface area contributed by atoms with Crippen LogP contribution < -0.4 is 5.73 Å². The van der Waals surface area contributed by atoms with Gasteiger partial charge >= 0.3 is 0 Å². The number of hydrogen-bond donors (Lipinski definition) is 1. The van der Waals surface area contributed by atoms with E-state index in [1.165, 1.54) is 10.6 Å². The van der Waals surface area contributed by atoms with Gasteiger partial charge in [-0.1, -0.05) is 44.2 Å². The van der Waals surface area contributed by atoms with Crippen LogP contribution in [0, 0.1) is 5.92 Å². The monoisotopic (exact) mass is 367 g/mol. The Morgan fingerprint density at radius 1 is 1.28 bits per heavy atom. The third-order valence-electron chi connectivity index (χ3n) is 5.03. The first-order valence-corrected chi connectivity index (χ1v) is 10.7. The van der Waals surface area contributed by atoms with Crippen LogP contribution in [-0.4, -0.2) is 55.5 Å². The molecule has 140 valence electrons. The lowest BCUT2D eigenvalue weighted by Crippen LogP contribution is -2.50. The van der Waals surface area contributed by atoms with Gasteiger partial charge in [0.15, 0.2) is 0 Å². The highest BCUT2D eigenvalue weighted by Crippen LogP contribution is 2.24. The Balaban J connectivity index is 1.97. The standard InChI is InChI=1S/C18H29N3O3S/c1-4-21(25(3,23)24)16-10-12-20(13-11-16)18(22)14(2)17(19)15-8-6-5-7-9-15/h5-9,14,16-17H,4,10-13,19H2,1-3H3. The predicted molar refractivity (Wildman–Crippen MR) is 99.4 cm³/mol. The smallest absolute Gasteiger partial charge is 0.227 e. The van der Waals surface area contributed by atoms with Crippen molar-refractivity contribution in [2.75, 3.05) is 25.9 Å². The lowest BCUT2D eigenvalue weighted by molar-refractivity contribution is -0.137. The highest BCUT2D eigenvalue weighted by molar-refractivity contribution is 7.88. The van der Waals surface area contributed by atoms with Crippen molar-refractivity contribution in [3.05, 3.63) is 35.9 Å². The van der Waals surface area contributed by atoms with Gasteiger partial charge in [-0.05, 0) is 18.4 Å². The van der Waals surface area contributed by atoms with Gasteiger partial charge in [0.1, 0.15) is 0 Å². The molecule has 1 fully saturated rings. The first-order valence-electron chi connectivity index (χ1n) is 8.81. The summed E-state index contributed by atoms with van der Waals surface area (Å²) in [4.78, 5) is 14.6. The van der Waals surface area contributed by atoms with Crippen molar-refractivity contribution in [1.82, 2.24) is 9.21 Å². The lowest BCUT2D eigenvalue weighted by Gasteiger charge is -2.38. The number of carbonyl (C=O) groups excluding carboxylic acids is 1. The Morgan fingerprint density at radius 3 is 2.32 bits per heavy atom. The van der Waals surface area contributed by atoms with Crippen molar-refractivity contribution >= 4 is 15.9 Å². The Labute approximate surface area is 151 Å². The largest absolute Gasteiger partial charge is 0.342 e. The first kappa shape index (κ1) is 19.9. The molecule has 1 amide bonds. The molecule has 2 rings (SSSR count). The fourth-order valence-corrected chi connectivity index (χ4v) is 4.76. The van der Waals surface area contributed by atoms with Crippen LogP contribution >= 0.6 is 0 Å². The molecule has 1 aliphatic rings. The Kier molecular flexibility index (Phi) is 6.59. The van der Waals surface area contributed by atoms with Crippen molar-refractivity contribution in [3.63, 3.8) is 0 Å². The van der Waals surface area contributed by atoms with E-state index in [1.54, 1.807) is 0 Å². The van der Waals surface area contributed by atoms with E-state index in [0.29, 0.717) is 32.5 Å². The van der Waals surface area contributed by atoms with Gasteiger partial charge in [-0.25, -0.2) is 8.42 Å². The van der Waals surface area contributed by atoms with E-state index in [2.05, 4.69) is 0 Å². The van der Waals surface area contributed by atoms with Crippen molar-refractivity contribution < 1.29 is 13.2 Å². The van der Waals surface area contributed by atoms with Gasteiger partial charge in [-0.3, -0.25) is 4.79 Å². The number of nitrogens with zero attached hydrogens (tertiary/aromatic N) is 2. The summed E-state index contributed by atoms with van der Waals surface area (Å²) in [5, 5.41) is 0. The molecule has 1 aromatic carbocycles. The molecule has 1 saturated heterocycles. The number of hydrogen-bond acceptors (Lipinski definition) is 4. The number of piperidine rings is 1. The Morgan fingerprint density at radius 2 is 1.84 bits per heavy atom. The summed E-state index contributed by atoms with van der Waals surface area (Å²) in [5.74, 6) is -0.270. The van der Waals surface area contributed by atoms with Crippen LogP contribution in [0.5, 0.6) is 0 Å². The van der Waals surface area contributed by atoms with E-state index in [9.17, 15) is 13.2 Å². The van der Waals surface area contributed by atoms with Gasteiger partial charge < -0.3 is 10.6 Å². The van der Waals surface area contributed by atoms with Gasteiger partial charge in [-0.15, -0.1) is 0 Å². The van der Waals surface area contributed by atoms with Gasteiger partial charge in [0.05, 0.1) is 12.2 Å². The van der Waals surface area contributed by atoms with Crippen LogP contribution in [0.1, 0.15) is 38.3 Å². The van der Waals surface area contributed by atoms with Crippen LogP contribution in [-0.2, 0) is 14.8 Å². The van der Waals surface area contributed by atoms with Crippen LogP contribution in [0.3, 0.4) is 0 Å². The van der Waals surface area contributed by atoms with Crippen molar-refractivity contribution in [1.29, 1.82) is 0 Å². The second kappa shape index (κ2) is 8.29. The molecule has 2 N–H and O–H groups in total. The quantitative estimate of drug-likeness (QED) is 0.828. The highest BCUT2D eigenvalue weighted by atomic mass is 32.2. The highest BCUT2D eigenvalue weighted by Gasteiger charge is 2.33. The number of amides is 1. The molecule has 25 heavy (non-hydrogen) atoms. The minimum absolute atomic E-state index is 0.0258. The number of sulfonamides is 1. The molecule has 0 aromatic heterocycles. The predicted octanol–water partition coefficient (Wildman–Crippen LogP) is 1.59. The maximum absolute atomic E-state index is 12.8. The Bertz CT molecular complexity index is 670. The number of likely N-dealkylation sites (tertiary alicyclic amines) is 1. The molecule has 0 radical (unpaired) electrons. The molecule has 0 aliphatic carbocycles. The van der Waals surface area contributed by atoms with E-state index >= 15 is 0 Å². The summed E-state index contributed by atoms with van der Waals surface area (Å²) >= 11 is 0. The average Bonchev–Trinajstić information content (AvgIpc) is 2.60. The van der Waals surface area contributed by atoms with Crippen LogP contribution in [0.2, 0.25) is 0 Å². The molecule has 0 saturated carbocycles. The maximum Gasteiger partial charge on any atom is 0.227 e. The average molecular weight is 368 g/mol. The molecule has 0 spiro atoms. The summed E-state index contributed by atoms with van der Waals surface area (Å²) in [6, 6.07) is 9.27. The van der Waals surface area contributed by atoms with E-state index in [0.717, 1.165) is 5.56 Å². The van der Waals surface area contributed by atoms with Gasteiger partial charge in [-0.2, -0.15) is 4.31 Å². The second-order valence-corrected chi connectivity index (χ2v) is 8.68. The van der Waals surface area contributed by atoms with E-state index in [1.807, 2.05) is 49.1 Å². The third-order valence-corrected chi connectivity index (χ3v) is 6.44. The summed E-state index contributed by atoms with van der Waals surface area (Å²) in [6.07, 6.45) is 2.58. The van der Waals surface area contributed by atoms with Crippen LogP contribution in [0.4, 0.5) is 0 Å². The molecule has 0 bridgehead atoms. The molecule has 1 heterocycles. The second-order valence-electron chi connectivity index (χ2n) is 6.75. The fourth-order valence-electron chi connectivity index (χ4n) is 3.54. The van der Waals surface area contributed by atoms with Gasteiger partial charge in [0, 0.05) is 31.7 Å². The maximum atomic E-state index is 12.8. The van der Waals surface area contributed by atoms with Gasteiger partial charge in [0.2, 0.25) is 15.9 Å². The molecule has 2 unspecified atom stereocenters. The van der Waals surface area contributed by atoms with Crippen LogP contribution in [0.15, 0.2) is 30.3 Å².